The van der Waals surface area contributed by atoms with E-state index in [1.165, 1.54) is 0 Å². The summed E-state index contributed by atoms with van der Waals surface area (Å²) in [6.07, 6.45) is 6.55. The lowest BCUT2D eigenvalue weighted by Crippen LogP contribution is -2.63. The maximum atomic E-state index is 12.7. The Morgan fingerprint density at radius 2 is 1.92 bits per heavy atom. The average molecular weight is 342 g/mol. The molecule has 1 saturated heterocycles. The third-order valence-corrected chi connectivity index (χ3v) is 7.30. The second-order valence-corrected chi connectivity index (χ2v) is 8.07. The Kier molecular flexibility index (Phi) is 3.22. The Morgan fingerprint density at radius 3 is 2.60 bits per heavy atom. The van der Waals surface area contributed by atoms with Gasteiger partial charge in [-0.2, -0.15) is 0 Å². The predicted octanol–water partition coefficient (Wildman–Crippen LogP) is 3.03. The monoisotopic (exact) mass is 342 g/mol. The quantitative estimate of drug-likeness (QED) is 0.623. The predicted molar refractivity (Wildman–Crippen MR) is 88.6 cm³/mol. The fraction of sp³-hybridized carbons (Fsp3) is 0.550. The molecule has 3 aliphatic rings. The van der Waals surface area contributed by atoms with Crippen LogP contribution in [0.1, 0.15) is 45.6 Å². The van der Waals surface area contributed by atoms with E-state index in [2.05, 4.69) is 6.92 Å². The van der Waals surface area contributed by atoms with Crippen LogP contribution in [-0.2, 0) is 25.5 Å². The third-order valence-electron chi connectivity index (χ3n) is 7.30. The first kappa shape index (κ1) is 16.3. The van der Waals surface area contributed by atoms with Gasteiger partial charge in [-0.15, -0.1) is 0 Å². The molecule has 1 aliphatic heterocycles. The van der Waals surface area contributed by atoms with Gasteiger partial charge < -0.3 is 9.15 Å². The van der Waals surface area contributed by atoms with Crippen LogP contribution in [0.15, 0.2) is 34.7 Å². The SMILES string of the molecule is C[C@@]12C(=O)CC[C@]3(C)C(CCc4ccoc4)=CC(=O)[C@@H](OC1=O)[C@@]23C. The molecule has 25 heavy (non-hydrogen) atoms. The first-order valence-electron chi connectivity index (χ1n) is 8.75. The van der Waals surface area contributed by atoms with Crippen molar-refractivity contribution in [1.29, 1.82) is 0 Å². The number of ketones is 2. The topological polar surface area (TPSA) is 73.6 Å². The van der Waals surface area contributed by atoms with Gasteiger partial charge in [0.2, 0.25) is 0 Å². The summed E-state index contributed by atoms with van der Waals surface area (Å²) < 4.78 is 10.6. The molecule has 0 bridgehead atoms. The van der Waals surface area contributed by atoms with Gasteiger partial charge in [-0.25, -0.2) is 0 Å². The van der Waals surface area contributed by atoms with Gasteiger partial charge in [-0.1, -0.05) is 19.4 Å². The van der Waals surface area contributed by atoms with E-state index in [0.29, 0.717) is 19.3 Å². The van der Waals surface area contributed by atoms with E-state index in [1.54, 1.807) is 25.5 Å². The van der Waals surface area contributed by atoms with E-state index in [1.807, 2.05) is 13.0 Å². The highest BCUT2D eigenvalue weighted by atomic mass is 16.6. The fourth-order valence-electron chi connectivity index (χ4n) is 5.24. The van der Waals surface area contributed by atoms with Crippen molar-refractivity contribution < 1.29 is 23.5 Å². The Morgan fingerprint density at radius 1 is 1.16 bits per heavy atom. The largest absolute Gasteiger partial charge is 0.472 e. The molecule has 1 aromatic heterocycles. The highest BCUT2D eigenvalue weighted by Gasteiger charge is 2.76. The van der Waals surface area contributed by atoms with Crippen LogP contribution in [0.3, 0.4) is 0 Å². The highest BCUT2D eigenvalue weighted by molar-refractivity contribution is 6.11. The second kappa shape index (κ2) is 4.93. The Hall–Kier alpha value is -2.17. The van der Waals surface area contributed by atoms with Gasteiger partial charge in [-0.3, -0.25) is 14.4 Å². The van der Waals surface area contributed by atoms with E-state index >= 15 is 0 Å². The van der Waals surface area contributed by atoms with Crippen LogP contribution in [0.4, 0.5) is 0 Å². The number of carbonyl (C=O) groups excluding carboxylic acids is 3. The van der Waals surface area contributed by atoms with Crippen molar-refractivity contribution >= 4 is 17.5 Å². The summed E-state index contributed by atoms with van der Waals surface area (Å²) in [5.74, 6) is -0.855. The molecule has 5 heteroatoms. The first-order chi connectivity index (χ1) is 11.7. The molecule has 0 aromatic carbocycles. The standard InChI is InChI=1S/C20H22O5/c1-18-8-6-15(22)19(2)17(23)25-16(20(18,19)3)14(21)10-13(18)5-4-12-7-9-24-11-12/h7,9-11,16H,4-6,8H2,1-3H3/t16-,18-,19-,20-/m1/s1. The number of esters is 1. The Bertz CT molecular complexity index is 804. The van der Waals surface area contributed by atoms with Gasteiger partial charge in [0.15, 0.2) is 17.7 Å². The average Bonchev–Trinajstić information content (AvgIpc) is 3.16. The summed E-state index contributed by atoms with van der Waals surface area (Å²) in [6, 6.07) is 1.91. The molecule has 0 radical (unpaired) electrons. The summed E-state index contributed by atoms with van der Waals surface area (Å²) in [5, 5.41) is 0. The molecule has 2 fully saturated rings. The van der Waals surface area contributed by atoms with Crippen molar-refractivity contribution in [1.82, 2.24) is 0 Å². The lowest BCUT2D eigenvalue weighted by atomic mass is 9.41. The third kappa shape index (κ3) is 1.76. The number of carbonyl (C=O) groups is 3. The van der Waals surface area contributed by atoms with E-state index in [9.17, 15) is 14.4 Å². The summed E-state index contributed by atoms with van der Waals surface area (Å²) >= 11 is 0. The molecule has 0 unspecified atom stereocenters. The summed E-state index contributed by atoms with van der Waals surface area (Å²) in [6.45, 7) is 5.64. The van der Waals surface area contributed by atoms with Crippen LogP contribution < -0.4 is 0 Å². The molecule has 4 atom stereocenters. The van der Waals surface area contributed by atoms with Crippen molar-refractivity contribution in [3.8, 4) is 0 Å². The van der Waals surface area contributed by atoms with E-state index in [0.717, 1.165) is 17.6 Å². The van der Waals surface area contributed by atoms with Crippen molar-refractivity contribution in [2.45, 2.75) is 52.6 Å². The molecule has 1 aromatic rings. The molecule has 132 valence electrons. The van der Waals surface area contributed by atoms with Crippen LogP contribution >= 0.6 is 0 Å². The van der Waals surface area contributed by atoms with Gasteiger partial charge in [-0.05, 0) is 43.9 Å². The summed E-state index contributed by atoms with van der Waals surface area (Å²) in [4.78, 5) is 38.0. The lowest BCUT2D eigenvalue weighted by Gasteiger charge is -2.57. The maximum absolute atomic E-state index is 12.7. The van der Waals surface area contributed by atoms with Crippen molar-refractivity contribution in [2.24, 2.45) is 16.2 Å². The number of rotatable bonds is 3. The number of aryl methyl sites for hydroxylation is 1. The van der Waals surface area contributed by atoms with Gasteiger partial charge in [0.25, 0.3) is 0 Å². The minimum absolute atomic E-state index is 0.108. The maximum Gasteiger partial charge on any atom is 0.320 e. The van der Waals surface area contributed by atoms with Crippen LogP contribution in [0.25, 0.3) is 0 Å². The smallest absolute Gasteiger partial charge is 0.320 e. The zero-order chi connectivity index (χ0) is 18.0. The van der Waals surface area contributed by atoms with E-state index in [4.69, 9.17) is 9.15 Å². The van der Waals surface area contributed by atoms with E-state index in [-0.39, 0.29) is 11.6 Å². The summed E-state index contributed by atoms with van der Waals surface area (Å²) in [7, 11) is 0. The minimum atomic E-state index is -1.25. The number of Topliss-reactive ketones (excluding diaryl/α,β-unsaturated/α-hetero) is 1. The molecule has 5 nitrogen and oxygen atoms in total. The lowest BCUT2D eigenvalue weighted by molar-refractivity contribution is -0.158. The van der Waals surface area contributed by atoms with Crippen LogP contribution in [0.2, 0.25) is 0 Å². The zero-order valence-corrected chi connectivity index (χ0v) is 14.8. The fourth-order valence-corrected chi connectivity index (χ4v) is 5.24. The van der Waals surface area contributed by atoms with Crippen LogP contribution in [0.5, 0.6) is 0 Å². The molecular weight excluding hydrogens is 320 g/mol. The van der Waals surface area contributed by atoms with Crippen LogP contribution in [-0.4, -0.2) is 23.6 Å². The van der Waals surface area contributed by atoms with Crippen molar-refractivity contribution in [3.63, 3.8) is 0 Å². The minimum Gasteiger partial charge on any atom is -0.472 e. The van der Waals surface area contributed by atoms with Gasteiger partial charge in [0, 0.05) is 17.3 Å². The van der Waals surface area contributed by atoms with Gasteiger partial charge >= 0.3 is 5.97 Å². The molecule has 0 spiro atoms. The second-order valence-electron chi connectivity index (χ2n) is 8.07. The molecule has 2 heterocycles. The number of ether oxygens (including phenoxy) is 1. The zero-order valence-electron chi connectivity index (χ0n) is 14.8. The molecular formula is C20H22O5. The molecule has 2 aliphatic carbocycles. The highest BCUT2D eigenvalue weighted by Crippen LogP contribution is 2.69. The molecule has 0 amide bonds. The number of hydrogen-bond donors (Lipinski definition) is 0. The first-order valence-corrected chi connectivity index (χ1v) is 8.75. The molecule has 4 rings (SSSR count). The van der Waals surface area contributed by atoms with Crippen molar-refractivity contribution in [3.05, 3.63) is 35.8 Å². The van der Waals surface area contributed by atoms with Gasteiger partial charge in [0.1, 0.15) is 5.41 Å². The normalized spacial score (nSPS) is 39.9. The number of furan rings is 1. The molecule has 0 N–H and O–H groups in total. The Labute approximate surface area is 146 Å². The van der Waals surface area contributed by atoms with Crippen molar-refractivity contribution in [2.75, 3.05) is 0 Å². The van der Waals surface area contributed by atoms with Gasteiger partial charge in [0.05, 0.1) is 12.5 Å². The summed E-state index contributed by atoms with van der Waals surface area (Å²) in [5.41, 5.74) is -0.448. The Balaban J connectivity index is 1.79. The van der Waals surface area contributed by atoms with Crippen LogP contribution in [0, 0.1) is 16.2 Å². The molecule has 1 saturated carbocycles. The number of hydrogen-bond acceptors (Lipinski definition) is 5. The number of allylic oxidation sites excluding steroid dienone is 1. The van der Waals surface area contributed by atoms with E-state index < -0.39 is 28.3 Å².